The number of rotatable bonds is 1. The van der Waals surface area contributed by atoms with Gasteiger partial charge in [0.15, 0.2) is 23.1 Å². The van der Waals surface area contributed by atoms with Crippen molar-refractivity contribution in [3.63, 3.8) is 0 Å². The Morgan fingerprint density at radius 2 is 1.87 bits per heavy atom. The van der Waals surface area contributed by atoms with Crippen LogP contribution >= 0.6 is 0 Å². The maximum Gasteiger partial charge on any atom is 0.168 e. The Balaban J connectivity index is 2.30. The van der Waals surface area contributed by atoms with E-state index >= 15 is 0 Å². The van der Waals surface area contributed by atoms with Crippen LogP contribution in [0.15, 0.2) is 12.1 Å². The molecule has 1 fully saturated rings. The minimum absolute atomic E-state index is 0.171. The number of ether oxygens (including phenoxy) is 1. The van der Waals surface area contributed by atoms with Crippen LogP contribution in [-0.4, -0.2) is 35.0 Å². The van der Waals surface area contributed by atoms with Crippen molar-refractivity contribution < 1.29 is 24.5 Å². The molecule has 3 rings (SSSR count). The first kappa shape index (κ1) is 16.0. The summed E-state index contributed by atoms with van der Waals surface area (Å²) in [5.41, 5.74) is -0.585. The van der Waals surface area contributed by atoms with Crippen molar-refractivity contribution in [1.82, 2.24) is 0 Å². The Morgan fingerprint density at radius 3 is 2.48 bits per heavy atom. The number of phenolic OH excluding ortho intramolecular Hbond substituents is 1. The molecule has 23 heavy (non-hydrogen) atoms. The summed E-state index contributed by atoms with van der Waals surface area (Å²) in [5.74, 6) is -0.555. The molecule has 0 radical (unpaired) electrons. The number of carbonyl (C=O) groups is 2. The predicted molar refractivity (Wildman–Crippen MR) is 83.9 cm³/mol. The Kier molecular flexibility index (Phi) is 3.34. The van der Waals surface area contributed by atoms with Crippen LogP contribution in [0.2, 0.25) is 0 Å². The lowest BCUT2D eigenvalue weighted by molar-refractivity contribution is -0.145. The summed E-state index contributed by atoms with van der Waals surface area (Å²) in [6, 6.07) is 3.27. The molecule has 5 heteroatoms. The second-order valence-corrected chi connectivity index (χ2v) is 7.54. The molecule has 0 amide bonds. The Labute approximate surface area is 135 Å². The third-order valence-electron chi connectivity index (χ3n) is 5.78. The number of ketones is 2. The summed E-state index contributed by atoms with van der Waals surface area (Å²) < 4.78 is 5.09. The highest BCUT2D eigenvalue weighted by molar-refractivity contribution is 6.04. The number of fused-ring (bicyclic) bond motifs is 3. The van der Waals surface area contributed by atoms with Crippen LogP contribution in [0.5, 0.6) is 11.5 Å². The summed E-state index contributed by atoms with van der Waals surface area (Å²) in [4.78, 5) is 25.0. The SMILES string of the molecule is COc1ccc2c(c1O)C(=O)C[C@H]1C(C)(C)CC(=O)[C@@H](O)[C@]21C. The van der Waals surface area contributed by atoms with Gasteiger partial charge in [-0.25, -0.2) is 0 Å². The number of Topliss-reactive ketones (excluding diaryl/α,β-unsaturated/α-hetero) is 2. The normalized spacial score (nSPS) is 32.2. The molecule has 0 heterocycles. The first-order chi connectivity index (χ1) is 10.6. The Hall–Kier alpha value is -1.88. The molecule has 1 aromatic rings. The molecule has 0 saturated heterocycles. The molecule has 2 aliphatic rings. The largest absolute Gasteiger partial charge is 0.504 e. The highest BCUT2D eigenvalue weighted by Gasteiger charge is 2.59. The molecular formula is C18H22O5. The van der Waals surface area contributed by atoms with Crippen molar-refractivity contribution in [1.29, 1.82) is 0 Å². The molecule has 5 nitrogen and oxygen atoms in total. The fourth-order valence-electron chi connectivity index (χ4n) is 4.58. The Morgan fingerprint density at radius 1 is 1.22 bits per heavy atom. The number of methoxy groups -OCH3 is 1. The first-order valence-corrected chi connectivity index (χ1v) is 7.79. The van der Waals surface area contributed by atoms with Gasteiger partial charge >= 0.3 is 0 Å². The molecule has 2 N–H and O–H groups in total. The maximum atomic E-state index is 12.7. The van der Waals surface area contributed by atoms with E-state index in [4.69, 9.17) is 4.74 Å². The van der Waals surface area contributed by atoms with E-state index in [9.17, 15) is 19.8 Å². The van der Waals surface area contributed by atoms with E-state index < -0.39 is 16.9 Å². The summed E-state index contributed by atoms with van der Waals surface area (Å²) >= 11 is 0. The van der Waals surface area contributed by atoms with Crippen LogP contribution in [0.1, 0.15) is 49.5 Å². The van der Waals surface area contributed by atoms with Crippen LogP contribution in [-0.2, 0) is 10.2 Å². The number of aliphatic hydroxyl groups is 1. The van der Waals surface area contributed by atoms with Crippen molar-refractivity contribution in [2.75, 3.05) is 7.11 Å². The van der Waals surface area contributed by atoms with Crippen molar-refractivity contribution in [3.05, 3.63) is 23.3 Å². The number of benzene rings is 1. The zero-order chi connectivity index (χ0) is 17.2. The summed E-state index contributed by atoms with van der Waals surface area (Å²) in [5, 5.41) is 21.0. The van der Waals surface area contributed by atoms with Gasteiger partial charge < -0.3 is 14.9 Å². The van der Waals surface area contributed by atoms with Crippen LogP contribution < -0.4 is 4.74 Å². The molecule has 1 aromatic carbocycles. The number of phenols is 1. The highest BCUT2D eigenvalue weighted by Crippen LogP contribution is 2.57. The zero-order valence-corrected chi connectivity index (χ0v) is 13.8. The van der Waals surface area contributed by atoms with E-state index in [2.05, 4.69) is 0 Å². The van der Waals surface area contributed by atoms with Crippen molar-refractivity contribution in [2.24, 2.45) is 11.3 Å². The summed E-state index contributed by atoms with van der Waals surface area (Å²) in [7, 11) is 1.42. The average molecular weight is 318 g/mol. The fourth-order valence-corrected chi connectivity index (χ4v) is 4.58. The number of hydrogen-bond acceptors (Lipinski definition) is 5. The molecule has 0 bridgehead atoms. The van der Waals surface area contributed by atoms with Gasteiger partial charge in [0.1, 0.15) is 6.10 Å². The van der Waals surface area contributed by atoms with Crippen LogP contribution in [0.4, 0.5) is 0 Å². The van der Waals surface area contributed by atoms with Gasteiger partial charge in [-0.2, -0.15) is 0 Å². The third kappa shape index (κ3) is 1.96. The molecular weight excluding hydrogens is 296 g/mol. The molecule has 124 valence electrons. The van der Waals surface area contributed by atoms with Crippen molar-refractivity contribution in [2.45, 2.75) is 45.1 Å². The maximum absolute atomic E-state index is 12.7. The number of aliphatic hydroxyl groups excluding tert-OH is 1. The molecule has 0 unspecified atom stereocenters. The molecule has 1 saturated carbocycles. The monoisotopic (exact) mass is 318 g/mol. The summed E-state index contributed by atoms with van der Waals surface area (Å²) in [6.45, 7) is 5.74. The van der Waals surface area contributed by atoms with Gasteiger partial charge in [-0.05, 0) is 23.0 Å². The van der Waals surface area contributed by atoms with Gasteiger partial charge in [0.05, 0.1) is 12.7 Å². The van der Waals surface area contributed by atoms with Gasteiger partial charge in [0.25, 0.3) is 0 Å². The first-order valence-electron chi connectivity index (χ1n) is 7.79. The number of aromatic hydroxyl groups is 1. The van der Waals surface area contributed by atoms with Gasteiger partial charge in [-0.3, -0.25) is 9.59 Å². The van der Waals surface area contributed by atoms with Gasteiger partial charge in [0.2, 0.25) is 0 Å². The topological polar surface area (TPSA) is 83.8 Å². The standard InChI is InChI=1S/C18H22O5/c1-17(2)8-11(20)16(22)18(3)9-5-6-12(23-4)15(21)14(9)10(19)7-13(17)18/h5-6,13,16,21-22H,7-8H2,1-4H3/t13-,16+,18+/m0/s1. The van der Waals surface area contributed by atoms with E-state index in [1.165, 1.54) is 7.11 Å². The molecule has 0 aromatic heterocycles. The Bertz CT molecular complexity index is 706. The molecule has 3 atom stereocenters. The molecule has 0 aliphatic heterocycles. The highest BCUT2D eigenvalue weighted by atomic mass is 16.5. The minimum Gasteiger partial charge on any atom is -0.504 e. The van der Waals surface area contributed by atoms with Crippen molar-refractivity contribution >= 4 is 11.6 Å². The lowest BCUT2D eigenvalue weighted by Crippen LogP contribution is -2.60. The smallest absolute Gasteiger partial charge is 0.168 e. The second kappa shape index (κ2) is 4.81. The zero-order valence-electron chi connectivity index (χ0n) is 13.8. The van der Waals surface area contributed by atoms with Crippen LogP contribution in [0.25, 0.3) is 0 Å². The van der Waals surface area contributed by atoms with E-state index in [1.54, 1.807) is 12.1 Å². The van der Waals surface area contributed by atoms with E-state index in [1.807, 2.05) is 20.8 Å². The lowest BCUT2D eigenvalue weighted by atomic mass is 9.48. The van der Waals surface area contributed by atoms with E-state index in [-0.39, 0.29) is 47.4 Å². The number of hydrogen-bond donors (Lipinski definition) is 2. The van der Waals surface area contributed by atoms with E-state index in [0.717, 1.165) is 0 Å². The molecule has 2 aliphatic carbocycles. The fraction of sp³-hybridized carbons (Fsp3) is 0.556. The minimum atomic E-state index is -1.18. The van der Waals surface area contributed by atoms with Crippen molar-refractivity contribution in [3.8, 4) is 11.5 Å². The quantitative estimate of drug-likeness (QED) is 0.829. The van der Waals surface area contributed by atoms with Crippen LogP contribution in [0.3, 0.4) is 0 Å². The van der Waals surface area contributed by atoms with Gasteiger partial charge in [0, 0.05) is 18.3 Å². The lowest BCUT2D eigenvalue weighted by Gasteiger charge is -2.55. The predicted octanol–water partition coefficient (Wildman–Crippen LogP) is 2.22. The molecule has 0 spiro atoms. The number of carbonyl (C=O) groups excluding carboxylic acids is 2. The second-order valence-electron chi connectivity index (χ2n) is 7.54. The summed E-state index contributed by atoms with van der Waals surface area (Å²) in [6.07, 6.45) is -0.735. The third-order valence-corrected chi connectivity index (χ3v) is 5.78. The van der Waals surface area contributed by atoms with Gasteiger partial charge in [-0.15, -0.1) is 0 Å². The van der Waals surface area contributed by atoms with E-state index in [0.29, 0.717) is 5.56 Å². The van der Waals surface area contributed by atoms with Gasteiger partial charge in [-0.1, -0.05) is 26.8 Å². The van der Waals surface area contributed by atoms with Crippen LogP contribution in [0, 0.1) is 11.3 Å². The average Bonchev–Trinajstić information content (AvgIpc) is 2.48.